The van der Waals surface area contributed by atoms with Crippen LogP contribution in [0.1, 0.15) is 33.6 Å². The topological polar surface area (TPSA) is 21.3 Å². The summed E-state index contributed by atoms with van der Waals surface area (Å²) < 4.78 is 20.3. The monoisotopic (exact) mass is 331 g/mol. The van der Waals surface area contributed by atoms with E-state index in [1.807, 2.05) is 0 Å². The highest BCUT2D eigenvalue weighted by atomic mass is 79.9. The summed E-state index contributed by atoms with van der Waals surface area (Å²) in [4.78, 5) is 0. The maximum Gasteiger partial charge on any atom is 0.165 e. The first-order chi connectivity index (χ1) is 9.02. The lowest BCUT2D eigenvalue weighted by molar-refractivity contribution is 0.177. The Bertz CT molecular complexity index is 384. The Balaban J connectivity index is 2.58. The van der Waals surface area contributed by atoms with Gasteiger partial charge in [-0.15, -0.1) is 0 Å². The number of benzene rings is 1. The zero-order chi connectivity index (χ0) is 14.3. The molecule has 0 fully saturated rings. The summed E-state index contributed by atoms with van der Waals surface area (Å²) in [5.41, 5.74) is 0. The molecule has 1 atom stereocenters. The third kappa shape index (κ3) is 6.39. The highest BCUT2D eigenvalue weighted by Gasteiger charge is 2.13. The van der Waals surface area contributed by atoms with Gasteiger partial charge >= 0.3 is 0 Å². The Hall–Kier alpha value is -0.610. The number of ether oxygens (including phenoxy) is 1. The van der Waals surface area contributed by atoms with E-state index in [0.29, 0.717) is 11.7 Å². The third-order valence-corrected chi connectivity index (χ3v) is 3.22. The second kappa shape index (κ2) is 8.54. The van der Waals surface area contributed by atoms with Gasteiger partial charge in [-0.05, 0) is 37.1 Å². The van der Waals surface area contributed by atoms with E-state index in [9.17, 15) is 4.39 Å². The van der Waals surface area contributed by atoms with Crippen molar-refractivity contribution in [2.75, 3.05) is 13.1 Å². The Labute approximate surface area is 123 Å². The van der Waals surface area contributed by atoms with Crippen molar-refractivity contribution >= 4 is 15.9 Å². The molecule has 0 aromatic heterocycles. The molecule has 0 saturated heterocycles. The highest BCUT2D eigenvalue weighted by Crippen LogP contribution is 2.23. The van der Waals surface area contributed by atoms with Crippen molar-refractivity contribution in [1.82, 2.24) is 5.32 Å². The summed E-state index contributed by atoms with van der Waals surface area (Å²) in [6, 6.07) is 4.78. The number of hydrogen-bond acceptors (Lipinski definition) is 2. The van der Waals surface area contributed by atoms with E-state index in [1.54, 1.807) is 12.1 Å². The van der Waals surface area contributed by atoms with Crippen molar-refractivity contribution in [3.05, 3.63) is 28.5 Å². The van der Waals surface area contributed by atoms with Crippen molar-refractivity contribution < 1.29 is 9.13 Å². The van der Waals surface area contributed by atoms with Gasteiger partial charge < -0.3 is 10.1 Å². The maximum atomic E-state index is 13.7. The van der Waals surface area contributed by atoms with Crippen LogP contribution < -0.4 is 10.1 Å². The van der Waals surface area contributed by atoms with Crippen molar-refractivity contribution in [3.63, 3.8) is 0 Å². The highest BCUT2D eigenvalue weighted by molar-refractivity contribution is 9.10. The van der Waals surface area contributed by atoms with E-state index in [0.717, 1.165) is 30.4 Å². The lowest BCUT2D eigenvalue weighted by Crippen LogP contribution is -2.33. The summed E-state index contributed by atoms with van der Waals surface area (Å²) in [6.07, 6.45) is 1.94. The minimum atomic E-state index is -0.312. The van der Waals surface area contributed by atoms with Crippen LogP contribution in [0.25, 0.3) is 0 Å². The summed E-state index contributed by atoms with van der Waals surface area (Å²) in [5, 5.41) is 3.36. The standard InChI is InChI=1S/C15H23BrFNO/c1-4-5-13(10-18-9-11(2)3)19-15-8-12(16)6-7-14(15)17/h6-8,11,13,18H,4-5,9-10H2,1-3H3. The van der Waals surface area contributed by atoms with E-state index in [2.05, 4.69) is 42.0 Å². The van der Waals surface area contributed by atoms with E-state index < -0.39 is 0 Å². The average molecular weight is 332 g/mol. The zero-order valence-electron chi connectivity index (χ0n) is 11.9. The summed E-state index contributed by atoms with van der Waals surface area (Å²) in [5.74, 6) is 0.609. The van der Waals surface area contributed by atoms with Crippen LogP contribution in [0.2, 0.25) is 0 Å². The van der Waals surface area contributed by atoms with E-state index in [1.165, 1.54) is 6.07 Å². The molecule has 1 aromatic rings. The first-order valence-electron chi connectivity index (χ1n) is 6.85. The predicted molar refractivity (Wildman–Crippen MR) is 81.1 cm³/mol. The van der Waals surface area contributed by atoms with Gasteiger partial charge in [0.2, 0.25) is 0 Å². The van der Waals surface area contributed by atoms with Gasteiger partial charge in [0.05, 0.1) is 0 Å². The van der Waals surface area contributed by atoms with Gasteiger partial charge in [-0.2, -0.15) is 0 Å². The molecule has 0 heterocycles. The Morgan fingerprint density at radius 3 is 2.68 bits per heavy atom. The predicted octanol–water partition coefficient (Wildman–Crippen LogP) is 4.38. The molecule has 0 aliphatic rings. The molecular weight excluding hydrogens is 309 g/mol. The van der Waals surface area contributed by atoms with Gasteiger partial charge in [-0.1, -0.05) is 43.1 Å². The Morgan fingerprint density at radius 2 is 2.05 bits per heavy atom. The van der Waals surface area contributed by atoms with Crippen LogP contribution in [0.5, 0.6) is 5.75 Å². The van der Waals surface area contributed by atoms with Crippen LogP contribution in [-0.2, 0) is 0 Å². The van der Waals surface area contributed by atoms with Gasteiger partial charge in [0, 0.05) is 11.0 Å². The van der Waals surface area contributed by atoms with E-state index in [-0.39, 0.29) is 11.9 Å². The van der Waals surface area contributed by atoms with E-state index in [4.69, 9.17) is 4.74 Å². The number of rotatable bonds is 8. The largest absolute Gasteiger partial charge is 0.486 e. The first kappa shape index (κ1) is 16.4. The molecule has 1 N–H and O–H groups in total. The van der Waals surface area contributed by atoms with Crippen molar-refractivity contribution in [1.29, 1.82) is 0 Å². The minimum absolute atomic E-state index is 0.00699. The first-order valence-corrected chi connectivity index (χ1v) is 7.64. The van der Waals surface area contributed by atoms with Crippen molar-refractivity contribution in [2.24, 2.45) is 5.92 Å². The molecule has 108 valence electrons. The molecule has 0 aliphatic heterocycles. The van der Waals surface area contributed by atoms with Gasteiger partial charge in [-0.25, -0.2) is 4.39 Å². The molecule has 19 heavy (non-hydrogen) atoms. The fourth-order valence-electron chi connectivity index (χ4n) is 1.80. The molecule has 0 radical (unpaired) electrons. The summed E-state index contributed by atoms with van der Waals surface area (Å²) in [6.45, 7) is 8.13. The van der Waals surface area contributed by atoms with Crippen LogP contribution in [0.3, 0.4) is 0 Å². The second-order valence-corrected chi connectivity index (χ2v) is 6.07. The van der Waals surface area contributed by atoms with Crippen molar-refractivity contribution in [3.8, 4) is 5.75 Å². The third-order valence-electron chi connectivity index (χ3n) is 2.72. The van der Waals surface area contributed by atoms with Crippen LogP contribution in [0.15, 0.2) is 22.7 Å². The number of halogens is 2. The SMILES string of the molecule is CCCC(CNCC(C)C)Oc1cc(Br)ccc1F. The molecule has 0 bridgehead atoms. The van der Waals surface area contributed by atoms with Gasteiger partial charge in [0.15, 0.2) is 11.6 Å². The molecule has 1 rings (SSSR count). The van der Waals surface area contributed by atoms with E-state index >= 15 is 0 Å². The molecule has 0 spiro atoms. The summed E-state index contributed by atoms with van der Waals surface area (Å²) >= 11 is 3.33. The lowest BCUT2D eigenvalue weighted by Gasteiger charge is -2.20. The summed E-state index contributed by atoms with van der Waals surface area (Å²) in [7, 11) is 0. The van der Waals surface area contributed by atoms with Crippen LogP contribution >= 0.6 is 15.9 Å². The number of nitrogens with one attached hydrogen (secondary N) is 1. The molecule has 1 unspecified atom stereocenters. The van der Waals surface area contributed by atoms with Crippen LogP contribution in [0, 0.1) is 11.7 Å². The molecule has 0 saturated carbocycles. The fraction of sp³-hybridized carbons (Fsp3) is 0.600. The smallest absolute Gasteiger partial charge is 0.165 e. The molecule has 1 aromatic carbocycles. The molecule has 4 heteroatoms. The van der Waals surface area contributed by atoms with Gasteiger partial charge in [-0.3, -0.25) is 0 Å². The van der Waals surface area contributed by atoms with Crippen LogP contribution in [-0.4, -0.2) is 19.2 Å². The average Bonchev–Trinajstić information content (AvgIpc) is 2.33. The fourth-order valence-corrected chi connectivity index (χ4v) is 2.14. The molecule has 2 nitrogen and oxygen atoms in total. The Kier molecular flexibility index (Phi) is 7.39. The molecular formula is C15H23BrFNO. The quantitative estimate of drug-likeness (QED) is 0.763. The lowest BCUT2D eigenvalue weighted by atomic mass is 10.2. The molecule has 0 amide bonds. The number of hydrogen-bond donors (Lipinski definition) is 1. The van der Waals surface area contributed by atoms with Gasteiger partial charge in [0.1, 0.15) is 6.10 Å². The van der Waals surface area contributed by atoms with Crippen LogP contribution in [0.4, 0.5) is 4.39 Å². The minimum Gasteiger partial charge on any atom is -0.486 e. The second-order valence-electron chi connectivity index (χ2n) is 5.16. The maximum absolute atomic E-state index is 13.7. The zero-order valence-corrected chi connectivity index (χ0v) is 13.5. The molecule has 0 aliphatic carbocycles. The van der Waals surface area contributed by atoms with Gasteiger partial charge in [0.25, 0.3) is 0 Å². The normalized spacial score (nSPS) is 12.7. The van der Waals surface area contributed by atoms with Crippen molar-refractivity contribution in [2.45, 2.75) is 39.7 Å². The Morgan fingerprint density at radius 1 is 1.32 bits per heavy atom.